The molecule has 0 radical (unpaired) electrons. The molecule has 0 saturated carbocycles. The molecule has 1 aromatic carbocycles. The number of hydrogen-bond donors (Lipinski definition) is 2. The van der Waals surface area contributed by atoms with Gasteiger partial charge in [0.05, 0.1) is 17.3 Å². The highest BCUT2D eigenvalue weighted by Gasteiger charge is 2.09. The Morgan fingerprint density at radius 1 is 1.28 bits per heavy atom. The van der Waals surface area contributed by atoms with Gasteiger partial charge in [-0.2, -0.15) is 0 Å². The maximum atomic E-state index is 11.7. The fourth-order valence-electron chi connectivity index (χ4n) is 1.55. The second kappa shape index (κ2) is 4.58. The van der Waals surface area contributed by atoms with Crippen molar-refractivity contribution in [1.82, 2.24) is 9.97 Å². The molecule has 2 heterocycles. The molecule has 0 aliphatic heterocycles. The van der Waals surface area contributed by atoms with Crippen LogP contribution in [0.3, 0.4) is 0 Å². The SMILES string of the molecule is O=C(Nc1nc2ccccc2[nH]1)Sc1ccco1. The van der Waals surface area contributed by atoms with Gasteiger partial charge in [0.15, 0.2) is 5.09 Å². The number of furan rings is 1. The summed E-state index contributed by atoms with van der Waals surface area (Å²) in [6.45, 7) is 0. The van der Waals surface area contributed by atoms with Crippen LogP contribution in [0.2, 0.25) is 0 Å². The van der Waals surface area contributed by atoms with Crippen LogP contribution in [0.1, 0.15) is 0 Å². The molecule has 90 valence electrons. The molecule has 3 aromatic rings. The van der Waals surface area contributed by atoms with Crippen molar-refractivity contribution in [3.63, 3.8) is 0 Å². The zero-order chi connectivity index (χ0) is 12.4. The number of nitrogens with zero attached hydrogens (tertiary/aromatic N) is 1. The minimum Gasteiger partial charge on any atom is -0.458 e. The Morgan fingerprint density at radius 2 is 2.17 bits per heavy atom. The van der Waals surface area contributed by atoms with Crippen molar-refractivity contribution in [2.75, 3.05) is 5.32 Å². The van der Waals surface area contributed by atoms with E-state index in [1.165, 1.54) is 6.26 Å². The quantitative estimate of drug-likeness (QED) is 0.691. The number of rotatable bonds is 2. The zero-order valence-electron chi connectivity index (χ0n) is 9.21. The van der Waals surface area contributed by atoms with Crippen molar-refractivity contribution >= 4 is 34.0 Å². The largest absolute Gasteiger partial charge is 0.458 e. The molecular formula is C12H9N3O2S. The summed E-state index contributed by atoms with van der Waals surface area (Å²) in [5, 5.41) is 2.97. The molecule has 1 amide bonds. The highest BCUT2D eigenvalue weighted by atomic mass is 32.2. The smallest absolute Gasteiger partial charge is 0.293 e. The van der Waals surface area contributed by atoms with Gasteiger partial charge in [0.25, 0.3) is 5.24 Å². The number of imidazole rings is 1. The Morgan fingerprint density at radius 3 is 2.94 bits per heavy atom. The fourth-order valence-corrected chi connectivity index (χ4v) is 2.13. The lowest BCUT2D eigenvalue weighted by Gasteiger charge is -1.97. The first-order valence-electron chi connectivity index (χ1n) is 5.28. The standard InChI is InChI=1S/C12H9N3O2S/c16-12(18-10-6-3-7-17-10)15-11-13-8-4-1-2-5-9(8)14-11/h1-7H,(H2,13,14,15,16). The first-order chi connectivity index (χ1) is 8.81. The topological polar surface area (TPSA) is 70.9 Å². The average molecular weight is 259 g/mol. The molecule has 0 fully saturated rings. The Kier molecular flexibility index (Phi) is 2.77. The van der Waals surface area contributed by atoms with Crippen molar-refractivity contribution in [2.24, 2.45) is 0 Å². The molecule has 0 aliphatic rings. The summed E-state index contributed by atoms with van der Waals surface area (Å²) in [6, 6.07) is 11.0. The Labute approximate surface area is 107 Å². The second-order valence-electron chi connectivity index (χ2n) is 3.55. The van der Waals surface area contributed by atoms with Crippen LogP contribution >= 0.6 is 11.8 Å². The van der Waals surface area contributed by atoms with Crippen molar-refractivity contribution in [1.29, 1.82) is 0 Å². The summed E-state index contributed by atoms with van der Waals surface area (Å²) in [5.74, 6) is 0.431. The summed E-state index contributed by atoms with van der Waals surface area (Å²) in [6.07, 6.45) is 1.52. The van der Waals surface area contributed by atoms with E-state index in [1.807, 2.05) is 24.3 Å². The molecule has 0 bridgehead atoms. The lowest BCUT2D eigenvalue weighted by molar-refractivity contribution is 0.269. The van der Waals surface area contributed by atoms with Gasteiger partial charge in [-0.3, -0.25) is 10.1 Å². The summed E-state index contributed by atoms with van der Waals surface area (Å²) in [5.41, 5.74) is 1.70. The Balaban J connectivity index is 1.74. The normalized spacial score (nSPS) is 10.7. The van der Waals surface area contributed by atoms with E-state index >= 15 is 0 Å². The van der Waals surface area contributed by atoms with E-state index in [1.54, 1.807) is 12.1 Å². The predicted molar refractivity (Wildman–Crippen MR) is 69.7 cm³/mol. The van der Waals surface area contributed by atoms with E-state index in [0.29, 0.717) is 11.0 Å². The number of fused-ring (bicyclic) bond motifs is 1. The number of H-pyrrole nitrogens is 1. The monoisotopic (exact) mass is 259 g/mol. The molecule has 0 atom stereocenters. The number of para-hydroxylation sites is 2. The van der Waals surface area contributed by atoms with E-state index < -0.39 is 0 Å². The summed E-state index contributed by atoms with van der Waals surface area (Å²) in [4.78, 5) is 19.0. The van der Waals surface area contributed by atoms with Crippen molar-refractivity contribution in [3.8, 4) is 0 Å². The first-order valence-corrected chi connectivity index (χ1v) is 6.10. The van der Waals surface area contributed by atoms with Gasteiger partial charge in [-0.15, -0.1) is 0 Å². The first kappa shape index (κ1) is 10.9. The third-order valence-electron chi connectivity index (χ3n) is 2.30. The van der Waals surface area contributed by atoms with E-state index in [-0.39, 0.29) is 5.24 Å². The van der Waals surface area contributed by atoms with Gasteiger partial charge in [0.2, 0.25) is 5.95 Å². The molecule has 0 saturated heterocycles. The molecule has 0 aliphatic carbocycles. The van der Waals surface area contributed by atoms with Gasteiger partial charge in [0, 0.05) is 11.8 Å². The van der Waals surface area contributed by atoms with Crippen molar-refractivity contribution in [2.45, 2.75) is 5.09 Å². The zero-order valence-corrected chi connectivity index (χ0v) is 10.0. The number of nitrogens with one attached hydrogen (secondary N) is 2. The second-order valence-corrected chi connectivity index (χ2v) is 4.53. The summed E-state index contributed by atoms with van der Waals surface area (Å²) < 4.78 is 5.07. The maximum absolute atomic E-state index is 11.7. The highest BCUT2D eigenvalue weighted by Crippen LogP contribution is 2.21. The molecule has 5 nitrogen and oxygen atoms in total. The molecular weight excluding hydrogens is 250 g/mol. The van der Waals surface area contributed by atoms with E-state index in [0.717, 1.165) is 22.8 Å². The minimum atomic E-state index is -0.246. The maximum Gasteiger partial charge on any atom is 0.293 e. The van der Waals surface area contributed by atoms with E-state index in [9.17, 15) is 4.79 Å². The van der Waals surface area contributed by atoms with Crippen LogP contribution in [0.15, 0.2) is 52.2 Å². The summed E-state index contributed by atoms with van der Waals surface area (Å²) in [7, 11) is 0. The van der Waals surface area contributed by atoms with Crippen LogP contribution < -0.4 is 5.32 Å². The number of carbonyl (C=O) groups is 1. The lowest BCUT2D eigenvalue weighted by Crippen LogP contribution is -2.05. The highest BCUT2D eigenvalue weighted by molar-refractivity contribution is 8.13. The third kappa shape index (κ3) is 2.23. The van der Waals surface area contributed by atoms with Crippen LogP contribution in [0, 0.1) is 0 Å². The van der Waals surface area contributed by atoms with Gasteiger partial charge in [-0.05, 0) is 24.3 Å². The molecule has 2 aromatic heterocycles. The van der Waals surface area contributed by atoms with E-state index in [2.05, 4.69) is 15.3 Å². The minimum absolute atomic E-state index is 0.246. The lowest BCUT2D eigenvalue weighted by atomic mass is 10.3. The molecule has 0 spiro atoms. The molecule has 0 unspecified atom stereocenters. The fraction of sp³-hybridized carbons (Fsp3) is 0. The average Bonchev–Trinajstić information content (AvgIpc) is 2.96. The molecule has 18 heavy (non-hydrogen) atoms. The van der Waals surface area contributed by atoms with Crippen LogP contribution in [0.5, 0.6) is 0 Å². The Hall–Kier alpha value is -2.21. The number of benzene rings is 1. The van der Waals surface area contributed by atoms with Crippen LogP contribution in [0.25, 0.3) is 11.0 Å². The van der Waals surface area contributed by atoms with Gasteiger partial charge in [0.1, 0.15) is 0 Å². The van der Waals surface area contributed by atoms with Crippen LogP contribution in [-0.2, 0) is 0 Å². The molecule has 2 N–H and O–H groups in total. The van der Waals surface area contributed by atoms with Gasteiger partial charge < -0.3 is 9.40 Å². The number of hydrogen-bond acceptors (Lipinski definition) is 4. The third-order valence-corrected chi connectivity index (χ3v) is 3.02. The number of aromatic amines is 1. The molecule has 3 rings (SSSR count). The number of anilines is 1. The van der Waals surface area contributed by atoms with Crippen molar-refractivity contribution < 1.29 is 9.21 Å². The molecule has 6 heteroatoms. The Bertz CT molecular complexity index is 643. The number of aromatic nitrogens is 2. The predicted octanol–water partition coefficient (Wildman–Crippen LogP) is 3.48. The van der Waals surface area contributed by atoms with Crippen LogP contribution in [-0.4, -0.2) is 15.2 Å². The van der Waals surface area contributed by atoms with Gasteiger partial charge >= 0.3 is 0 Å². The van der Waals surface area contributed by atoms with E-state index in [4.69, 9.17) is 4.42 Å². The van der Waals surface area contributed by atoms with Gasteiger partial charge in [-0.25, -0.2) is 4.98 Å². The van der Waals surface area contributed by atoms with Gasteiger partial charge in [-0.1, -0.05) is 12.1 Å². The number of amides is 1. The number of thioether (sulfide) groups is 1. The summed E-state index contributed by atoms with van der Waals surface area (Å²) >= 11 is 0.978. The van der Waals surface area contributed by atoms with Crippen LogP contribution in [0.4, 0.5) is 10.7 Å². The number of carbonyl (C=O) groups excluding carboxylic acids is 1. The van der Waals surface area contributed by atoms with Crippen molar-refractivity contribution in [3.05, 3.63) is 42.7 Å².